The molecule has 5 rings (SSSR count). The molecule has 2 aromatic carbocycles. The molecule has 8 nitrogen and oxygen atoms in total. The number of thiocarbonyl (C=S) groups is 1. The molecule has 1 aromatic heterocycles. The first-order valence-electron chi connectivity index (χ1n) is 12.8. The summed E-state index contributed by atoms with van der Waals surface area (Å²) in [6.07, 6.45) is 1.89. The van der Waals surface area contributed by atoms with Gasteiger partial charge >= 0.3 is 0 Å². The summed E-state index contributed by atoms with van der Waals surface area (Å²) in [5, 5.41) is 7.11. The molecule has 3 aromatic rings. The largest absolute Gasteiger partial charge is 0.481 e. The Morgan fingerprint density at radius 2 is 1.59 bits per heavy atom. The van der Waals surface area contributed by atoms with E-state index < -0.39 is 0 Å². The minimum atomic E-state index is -0.0237. The minimum absolute atomic E-state index is 0.0237. The molecule has 2 aliphatic rings. The van der Waals surface area contributed by atoms with Crippen LogP contribution >= 0.6 is 12.2 Å². The predicted octanol–water partition coefficient (Wildman–Crippen LogP) is 3.85. The fraction of sp³-hybridized carbons (Fsp3) is 0.393. The summed E-state index contributed by atoms with van der Waals surface area (Å²) in [6, 6.07) is 23.0. The van der Waals surface area contributed by atoms with Crippen LogP contribution in [0, 0.1) is 0 Å². The highest BCUT2D eigenvalue weighted by Crippen LogP contribution is 2.34. The molecule has 2 N–H and O–H groups in total. The average Bonchev–Trinajstić information content (AvgIpc) is 2.97. The Morgan fingerprint density at radius 1 is 0.946 bits per heavy atom. The second kappa shape index (κ2) is 11.7. The van der Waals surface area contributed by atoms with E-state index in [0.717, 1.165) is 58.1 Å². The molecule has 37 heavy (non-hydrogen) atoms. The number of ether oxygens (including phenoxy) is 2. The van der Waals surface area contributed by atoms with Crippen LogP contribution in [0.2, 0.25) is 0 Å². The van der Waals surface area contributed by atoms with Gasteiger partial charge in [-0.25, -0.2) is 0 Å². The summed E-state index contributed by atoms with van der Waals surface area (Å²) in [6.45, 7) is 5.77. The molecule has 0 bridgehead atoms. The van der Waals surface area contributed by atoms with Crippen LogP contribution in [-0.4, -0.2) is 68.1 Å². The zero-order valence-corrected chi connectivity index (χ0v) is 22.0. The van der Waals surface area contributed by atoms with E-state index in [9.17, 15) is 0 Å². The predicted molar refractivity (Wildman–Crippen MR) is 152 cm³/mol. The number of nitrogens with zero attached hydrogens (tertiary/aromatic N) is 4. The number of hydrogen-bond donors (Lipinski definition) is 2. The molecule has 0 aliphatic carbocycles. The molecule has 194 valence electrons. The number of aromatic nitrogens is 2. The summed E-state index contributed by atoms with van der Waals surface area (Å²) in [7, 11) is 1.62. The van der Waals surface area contributed by atoms with E-state index in [4.69, 9.17) is 26.7 Å². The molecular formula is C28H34N6O2S. The van der Waals surface area contributed by atoms with Crippen molar-refractivity contribution in [2.24, 2.45) is 0 Å². The number of nitrogens with one attached hydrogen (secondary N) is 2. The SMILES string of the molecule is COc1cc(N2CCN(c3ccccc3)CC2)nc(NC(=S)NCC2(c3ccccc3)CCOCC2)n1. The van der Waals surface area contributed by atoms with Crippen LogP contribution in [-0.2, 0) is 10.2 Å². The topological polar surface area (TPSA) is 74.8 Å². The van der Waals surface area contributed by atoms with Gasteiger partial charge in [0.2, 0.25) is 11.8 Å². The smallest absolute Gasteiger partial charge is 0.234 e. The summed E-state index contributed by atoms with van der Waals surface area (Å²) < 4.78 is 11.1. The van der Waals surface area contributed by atoms with Crippen molar-refractivity contribution >= 4 is 34.8 Å². The van der Waals surface area contributed by atoms with E-state index >= 15 is 0 Å². The van der Waals surface area contributed by atoms with E-state index in [1.54, 1.807) is 7.11 Å². The third kappa shape index (κ3) is 6.11. The summed E-state index contributed by atoms with van der Waals surface area (Å²) in [4.78, 5) is 13.9. The minimum Gasteiger partial charge on any atom is -0.481 e. The van der Waals surface area contributed by atoms with Crippen molar-refractivity contribution in [3.05, 3.63) is 72.3 Å². The van der Waals surface area contributed by atoms with Gasteiger partial charge in [-0.1, -0.05) is 48.5 Å². The third-order valence-corrected chi connectivity index (χ3v) is 7.52. The van der Waals surface area contributed by atoms with Crippen molar-refractivity contribution in [1.82, 2.24) is 15.3 Å². The lowest BCUT2D eigenvalue weighted by atomic mass is 9.74. The standard InChI is InChI=1S/C28H34N6O2S/c1-35-25-20-24(34-16-14-33(15-17-34)23-10-6-3-7-11-23)30-26(31-25)32-27(37)29-21-28(12-18-36-19-13-28)22-8-4-2-5-9-22/h2-11,20H,12-19,21H2,1H3,(H2,29,30,31,32,37). The molecule has 0 saturated carbocycles. The van der Waals surface area contributed by atoms with Gasteiger partial charge in [0.25, 0.3) is 0 Å². The van der Waals surface area contributed by atoms with Crippen LogP contribution in [0.1, 0.15) is 18.4 Å². The first-order chi connectivity index (χ1) is 18.1. The van der Waals surface area contributed by atoms with Crippen LogP contribution in [0.5, 0.6) is 5.88 Å². The van der Waals surface area contributed by atoms with E-state index in [-0.39, 0.29) is 5.41 Å². The zero-order chi connectivity index (χ0) is 25.5. The quantitative estimate of drug-likeness (QED) is 0.454. The first-order valence-corrected chi connectivity index (χ1v) is 13.2. The molecule has 0 spiro atoms. The van der Waals surface area contributed by atoms with Gasteiger partial charge in [0.05, 0.1) is 7.11 Å². The van der Waals surface area contributed by atoms with Gasteiger partial charge in [-0.05, 0) is 42.8 Å². The molecule has 3 heterocycles. The van der Waals surface area contributed by atoms with Gasteiger partial charge in [0, 0.05) is 63.1 Å². The third-order valence-electron chi connectivity index (χ3n) is 7.27. The Labute approximate surface area is 224 Å². The molecule has 0 unspecified atom stereocenters. The molecule has 0 amide bonds. The van der Waals surface area contributed by atoms with Crippen LogP contribution < -0.4 is 25.2 Å². The Morgan fingerprint density at radius 3 is 2.27 bits per heavy atom. The van der Waals surface area contributed by atoms with Crippen molar-refractivity contribution in [3.8, 4) is 5.88 Å². The van der Waals surface area contributed by atoms with Gasteiger partial charge < -0.3 is 29.9 Å². The Balaban J connectivity index is 1.23. The number of piperazine rings is 1. The molecule has 2 aliphatic heterocycles. The average molecular weight is 519 g/mol. The van der Waals surface area contributed by atoms with Crippen molar-refractivity contribution in [2.75, 3.05) is 68.2 Å². The van der Waals surface area contributed by atoms with Gasteiger partial charge in [-0.3, -0.25) is 0 Å². The Bertz CT molecular complexity index is 1170. The lowest BCUT2D eigenvalue weighted by Crippen LogP contribution is -2.47. The Hall–Kier alpha value is -3.43. The van der Waals surface area contributed by atoms with Crippen LogP contribution in [0.15, 0.2) is 66.7 Å². The molecule has 9 heteroatoms. The summed E-state index contributed by atoms with van der Waals surface area (Å²) in [5.74, 6) is 1.76. The fourth-order valence-electron chi connectivity index (χ4n) is 5.08. The maximum atomic E-state index is 5.66. The number of anilines is 3. The summed E-state index contributed by atoms with van der Waals surface area (Å²) in [5.41, 5.74) is 2.53. The van der Waals surface area contributed by atoms with Crippen LogP contribution in [0.25, 0.3) is 0 Å². The van der Waals surface area contributed by atoms with Gasteiger partial charge in [0.15, 0.2) is 5.11 Å². The van der Waals surface area contributed by atoms with Gasteiger partial charge in [-0.2, -0.15) is 9.97 Å². The van der Waals surface area contributed by atoms with Crippen molar-refractivity contribution in [3.63, 3.8) is 0 Å². The number of para-hydroxylation sites is 1. The van der Waals surface area contributed by atoms with E-state index in [1.165, 1.54) is 11.3 Å². The second-order valence-corrected chi connectivity index (χ2v) is 9.88. The van der Waals surface area contributed by atoms with E-state index in [2.05, 4.69) is 80.0 Å². The normalized spacial score (nSPS) is 17.2. The van der Waals surface area contributed by atoms with Crippen LogP contribution in [0.4, 0.5) is 17.5 Å². The molecule has 2 saturated heterocycles. The summed E-state index contributed by atoms with van der Waals surface area (Å²) >= 11 is 5.66. The van der Waals surface area contributed by atoms with Crippen LogP contribution in [0.3, 0.4) is 0 Å². The Kier molecular flexibility index (Phi) is 8.01. The fourth-order valence-corrected chi connectivity index (χ4v) is 5.25. The molecule has 0 radical (unpaired) electrons. The lowest BCUT2D eigenvalue weighted by Gasteiger charge is -2.38. The number of rotatable bonds is 7. The van der Waals surface area contributed by atoms with Gasteiger partial charge in [0.1, 0.15) is 5.82 Å². The van der Waals surface area contributed by atoms with Gasteiger partial charge in [-0.15, -0.1) is 0 Å². The number of methoxy groups -OCH3 is 1. The number of hydrogen-bond acceptors (Lipinski definition) is 7. The highest BCUT2D eigenvalue weighted by atomic mass is 32.1. The van der Waals surface area contributed by atoms with Crippen molar-refractivity contribution in [1.29, 1.82) is 0 Å². The van der Waals surface area contributed by atoms with Crippen molar-refractivity contribution < 1.29 is 9.47 Å². The lowest BCUT2D eigenvalue weighted by molar-refractivity contribution is 0.0515. The second-order valence-electron chi connectivity index (χ2n) is 9.47. The molecule has 0 atom stereocenters. The number of benzene rings is 2. The first kappa shape index (κ1) is 25.2. The molecule has 2 fully saturated rings. The molecular weight excluding hydrogens is 484 g/mol. The monoisotopic (exact) mass is 518 g/mol. The maximum Gasteiger partial charge on any atom is 0.234 e. The zero-order valence-electron chi connectivity index (χ0n) is 21.2. The highest BCUT2D eigenvalue weighted by Gasteiger charge is 2.34. The highest BCUT2D eigenvalue weighted by molar-refractivity contribution is 7.80. The van der Waals surface area contributed by atoms with Crippen molar-refractivity contribution in [2.45, 2.75) is 18.3 Å². The van der Waals surface area contributed by atoms with E-state index in [1.807, 2.05) is 12.1 Å². The maximum absolute atomic E-state index is 5.66. The van der Waals surface area contributed by atoms with E-state index in [0.29, 0.717) is 23.5 Å².